The summed E-state index contributed by atoms with van der Waals surface area (Å²) in [5.41, 5.74) is 6.76. The van der Waals surface area contributed by atoms with Gasteiger partial charge in [0.1, 0.15) is 29.3 Å². The summed E-state index contributed by atoms with van der Waals surface area (Å²) in [5, 5.41) is -1.36. The maximum Gasteiger partial charge on any atom is 0.417 e. The van der Waals surface area contributed by atoms with E-state index in [0.717, 1.165) is 4.90 Å². The number of benzene rings is 3. The number of hydrogen-bond acceptors (Lipinski definition) is 11. The van der Waals surface area contributed by atoms with Gasteiger partial charge in [0.25, 0.3) is 11.8 Å². The average Bonchev–Trinajstić information content (AvgIpc) is 3.17. The zero-order valence-corrected chi connectivity index (χ0v) is 32.0. The van der Waals surface area contributed by atoms with Gasteiger partial charge in [-0.15, -0.1) is 0 Å². The first-order valence-corrected chi connectivity index (χ1v) is 19.3. The third kappa shape index (κ3) is 8.64. The maximum atomic E-state index is 14.5. The highest BCUT2D eigenvalue weighted by Crippen LogP contribution is 2.40. The minimum absolute atomic E-state index is 0.0878. The van der Waals surface area contributed by atoms with Crippen molar-refractivity contribution in [3.63, 3.8) is 0 Å². The number of β-lactam (4-membered cyclic amide) rings is 1. The van der Waals surface area contributed by atoms with Crippen molar-refractivity contribution in [3.8, 4) is 0 Å². The number of rotatable bonds is 9. The van der Waals surface area contributed by atoms with Gasteiger partial charge in [-0.3, -0.25) is 18.7 Å². The molecule has 4 amide bonds. The Bertz CT molecular complexity index is 1920. The summed E-state index contributed by atoms with van der Waals surface area (Å²) in [6.07, 6.45) is -2.71. The first-order valence-electron chi connectivity index (χ1n) is 17.9. The Balaban J connectivity index is 1.37. The molecule has 55 heavy (non-hydrogen) atoms. The smallest absolute Gasteiger partial charge is 0.417 e. The van der Waals surface area contributed by atoms with Gasteiger partial charge in [0.15, 0.2) is 12.1 Å². The van der Waals surface area contributed by atoms with Crippen molar-refractivity contribution >= 4 is 40.8 Å². The second kappa shape index (κ2) is 16.6. The van der Waals surface area contributed by atoms with Crippen LogP contribution in [0.15, 0.2) is 102 Å². The van der Waals surface area contributed by atoms with Gasteiger partial charge in [-0.1, -0.05) is 91.0 Å². The molecule has 0 aliphatic carbocycles. The van der Waals surface area contributed by atoms with Crippen molar-refractivity contribution in [1.29, 1.82) is 0 Å². The minimum Gasteiger partial charge on any atom is -0.448 e. The van der Waals surface area contributed by atoms with Gasteiger partial charge >= 0.3 is 18.2 Å². The van der Waals surface area contributed by atoms with E-state index in [1.165, 1.54) is 4.90 Å². The Kier molecular flexibility index (Phi) is 11.8. The lowest BCUT2D eigenvalue weighted by Crippen LogP contribution is -2.75. The molecule has 2 saturated heterocycles. The number of carbonyl (C=O) groups is 5. The van der Waals surface area contributed by atoms with E-state index in [-0.39, 0.29) is 17.0 Å². The molecule has 0 aromatic heterocycles. The first-order chi connectivity index (χ1) is 26.2. The molecule has 3 heterocycles. The van der Waals surface area contributed by atoms with E-state index in [4.69, 9.17) is 19.9 Å². The van der Waals surface area contributed by atoms with Crippen LogP contribution in [0.25, 0.3) is 0 Å². The van der Waals surface area contributed by atoms with Gasteiger partial charge in [-0.05, 0) is 44.5 Å². The number of carbonyl (C=O) groups excluding carboxylic acids is 5. The molecule has 2 unspecified atom stereocenters. The monoisotopic (exact) mass is 771 g/mol. The molecule has 15 heteroatoms. The van der Waals surface area contributed by atoms with Crippen molar-refractivity contribution in [1.82, 2.24) is 19.6 Å². The summed E-state index contributed by atoms with van der Waals surface area (Å²) in [6.45, 7) is 6.48. The lowest BCUT2D eigenvalue weighted by atomic mass is 9.98. The standard InChI is InChI=1S/C40H45N5O9S/c1-40(2,3)54-39(50)45(34(46)30(41)26-14-8-5-9-15-26)32-35(47)44-31(37(48)53-33(27-16-10-6-11-17-27)28-18-12-7-13-19-28)29(25-55(51)36(32)44)24-52-38(49)43-22-20-42(4)21-23-43/h5-19,30,32-33,36H,20-25,41H2,1-4H3/t30-,32?,36-,55?/m1/s1. The number of nitrogens with zero attached hydrogens (tertiary/aromatic N) is 4. The SMILES string of the molecule is CN1CCN(C(=O)OCC2=C(C(=O)OC(c3ccccc3)c3ccccc3)N3C(=O)C(N(C(=O)OC(C)(C)C)C(=O)[C@H](N)c4ccccc4)[C@H]3S(=O)C2)CC1. The van der Waals surface area contributed by atoms with Crippen LogP contribution < -0.4 is 5.73 Å². The van der Waals surface area contributed by atoms with E-state index >= 15 is 0 Å². The molecular weight excluding hydrogens is 727 g/mol. The maximum absolute atomic E-state index is 14.5. The zero-order chi connectivity index (χ0) is 39.4. The molecule has 0 radical (unpaired) electrons. The average molecular weight is 772 g/mol. The lowest BCUT2D eigenvalue weighted by molar-refractivity contribution is -0.161. The van der Waals surface area contributed by atoms with Crippen LogP contribution in [-0.2, 0) is 39.4 Å². The molecule has 14 nitrogen and oxygen atoms in total. The molecule has 2 N–H and O–H groups in total. The van der Waals surface area contributed by atoms with Crippen LogP contribution in [0.3, 0.4) is 0 Å². The van der Waals surface area contributed by atoms with E-state index in [9.17, 15) is 28.2 Å². The number of fused-ring (bicyclic) bond motifs is 1. The minimum atomic E-state index is -2.00. The molecule has 0 saturated carbocycles. The second-order valence-corrected chi connectivity index (χ2v) is 16.1. The number of nitrogens with two attached hydrogens (primary N) is 1. The van der Waals surface area contributed by atoms with E-state index in [1.54, 1.807) is 99.6 Å². The van der Waals surface area contributed by atoms with Crippen LogP contribution in [0.5, 0.6) is 0 Å². The third-order valence-corrected chi connectivity index (χ3v) is 11.1. The van der Waals surface area contributed by atoms with Crippen molar-refractivity contribution in [2.45, 2.75) is 49.9 Å². The van der Waals surface area contributed by atoms with E-state index < -0.39 is 76.5 Å². The van der Waals surface area contributed by atoms with Crippen LogP contribution in [-0.4, -0.2) is 116 Å². The number of likely N-dealkylation sites (N-methyl/N-ethyl adjacent to an activating group) is 1. The van der Waals surface area contributed by atoms with E-state index in [1.807, 2.05) is 19.2 Å². The van der Waals surface area contributed by atoms with Crippen molar-refractivity contribution in [2.75, 3.05) is 45.6 Å². The molecule has 3 aliphatic heterocycles. The third-order valence-electron chi connectivity index (χ3n) is 9.46. The molecule has 4 atom stereocenters. The highest BCUT2D eigenvalue weighted by atomic mass is 32.2. The zero-order valence-electron chi connectivity index (χ0n) is 31.2. The summed E-state index contributed by atoms with van der Waals surface area (Å²) in [4.78, 5) is 75.1. The number of imide groups is 1. The first kappa shape index (κ1) is 39.3. The molecule has 3 aromatic rings. The van der Waals surface area contributed by atoms with Gasteiger partial charge in [-0.2, -0.15) is 0 Å². The van der Waals surface area contributed by atoms with Crippen molar-refractivity contribution in [3.05, 3.63) is 119 Å². The normalized spacial score (nSPS) is 20.6. The molecule has 0 bridgehead atoms. The Hall–Kier alpha value is -5.38. The molecule has 6 rings (SSSR count). The van der Waals surface area contributed by atoms with Gasteiger partial charge < -0.3 is 29.7 Å². The second-order valence-electron chi connectivity index (χ2n) is 14.5. The molecule has 2 fully saturated rings. The largest absolute Gasteiger partial charge is 0.448 e. The van der Waals surface area contributed by atoms with Crippen LogP contribution in [0.1, 0.15) is 49.6 Å². The molecule has 3 aliphatic rings. The Morgan fingerprint density at radius 1 is 0.855 bits per heavy atom. The van der Waals surface area contributed by atoms with E-state index in [0.29, 0.717) is 47.8 Å². The van der Waals surface area contributed by atoms with Crippen molar-refractivity contribution in [2.24, 2.45) is 5.73 Å². The Morgan fingerprint density at radius 3 is 1.91 bits per heavy atom. The molecule has 290 valence electrons. The fourth-order valence-corrected chi connectivity index (χ4v) is 8.32. The highest BCUT2D eigenvalue weighted by molar-refractivity contribution is 7.86. The summed E-state index contributed by atoms with van der Waals surface area (Å²) < 4.78 is 31.6. The fourth-order valence-electron chi connectivity index (χ4n) is 6.61. The van der Waals surface area contributed by atoms with Crippen LogP contribution in [0.2, 0.25) is 0 Å². The van der Waals surface area contributed by atoms with Gasteiger partial charge in [0.05, 0.1) is 16.6 Å². The lowest BCUT2D eigenvalue weighted by Gasteiger charge is -2.52. The topological polar surface area (TPSA) is 169 Å². The summed E-state index contributed by atoms with van der Waals surface area (Å²) >= 11 is 0. The number of hydrogen-bond donors (Lipinski definition) is 1. The predicted molar refractivity (Wildman–Crippen MR) is 202 cm³/mol. The van der Waals surface area contributed by atoms with Crippen molar-refractivity contribution < 1.29 is 42.4 Å². The Labute approximate surface area is 322 Å². The van der Waals surface area contributed by atoms with Gasteiger partial charge in [-0.25, -0.2) is 19.3 Å². The molecule has 3 aromatic carbocycles. The molecule has 0 spiro atoms. The van der Waals surface area contributed by atoms with E-state index in [2.05, 4.69) is 4.90 Å². The van der Waals surface area contributed by atoms with Crippen LogP contribution >= 0.6 is 0 Å². The number of amides is 4. The van der Waals surface area contributed by atoms with Gasteiger partial charge in [0, 0.05) is 31.8 Å². The predicted octanol–water partition coefficient (Wildman–Crippen LogP) is 3.72. The highest BCUT2D eigenvalue weighted by Gasteiger charge is 2.62. The number of ether oxygens (including phenoxy) is 3. The summed E-state index contributed by atoms with van der Waals surface area (Å²) in [6, 6.07) is 23.3. The van der Waals surface area contributed by atoms with Crippen LogP contribution in [0, 0.1) is 0 Å². The quantitative estimate of drug-likeness (QED) is 0.191. The number of esters is 1. The number of piperazine rings is 1. The van der Waals surface area contributed by atoms with Crippen LogP contribution in [0.4, 0.5) is 9.59 Å². The summed E-state index contributed by atoms with van der Waals surface area (Å²) in [5.74, 6) is -3.12. The Morgan fingerprint density at radius 2 is 1.38 bits per heavy atom. The van der Waals surface area contributed by atoms with Gasteiger partial charge in [0.2, 0.25) is 0 Å². The fraction of sp³-hybridized carbons (Fsp3) is 0.375. The molecular formula is C40H45N5O9S. The summed E-state index contributed by atoms with van der Waals surface area (Å²) in [7, 11) is -0.0583.